The Labute approximate surface area is 174 Å². The normalized spacial score (nSPS) is 16.2. The minimum absolute atomic E-state index is 0.233. The summed E-state index contributed by atoms with van der Waals surface area (Å²) in [6, 6.07) is 8.96. The van der Waals surface area contributed by atoms with Gasteiger partial charge in [-0.3, -0.25) is 4.90 Å². The highest BCUT2D eigenvalue weighted by Crippen LogP contribution is 2.29. The highest BCUT2D eigenvalue weighted by Gasteiger charge is 2.31. The van der Waals surface area contributed by atoms with E-state index in [2.05, 4.69) is 9.88 Å². The molecule has 154 valence electrons. The molecule has 0 unspecified atom stereocenters. The summed E-state index contributed by atoms with van der Waals surface area (Å²) in [5.41, 5.74) is 1.72. The summed E-state index contributed by atoms with van der Waals surface area (Å²) in [4.78, 5) is 7.09. The summed E-state index contributed by atoms with van der Waals surface area (Å²) < 4.78 is 38.5. The van der Waals surface area contributed by atoms with Gasteiger partial charge in [0.25, 0.3) is 0 Å². The molecule has 0 saturated carbocycles. The molecule has 1 saturated heterocycles. The maximum absolute atomic E-state index is 13.1. The molecular weight excluding hydrogens is 410 g/mol. The predicted molar refractivity (Wildman–Crippen MR) is 112 cm³/mol. The molecule has 4 rings (SSSR count). The van der Waals surface area contributed by atoms with Gasteiger partial charge in [0.15, 0.2) is 5.76 Å². The van der Waals surface area contributed by atoms with Gasteiger partial charge in [0.2, 0.25) is 10.0 Å². The number of aromatic nitrogens is 1. The van der Waals surface area contributed by atoms with E-state index in [1.807, 2.05) is 30.5 Å². The Balaban J connectivity index is 1.41. The third-order valence-electron chi connectivity index (χ3n) is 4.95. The number of hydrogen-bond acceptors (Lipinski definition) is 7. The van der Waals surface area contributed by atoms with E-state index >= 15 is 0 Å². The van der Waals surface area contributed by atoms with Crippen molar-refractivity contribution in [2.45, 2.75) is 18.4 Å². The third kappa shape index (κ3) is 4.23. The monoisotopic (exact) mass is 433 g/mol. The average Bonchev–Trinajstić information content (AvgIpc) is 3.40. The highest BCUT2D eigenvalue weighted by molar-refractivity contribution is 7.89. The van der Waals surface area contributed by atoms with Gasteiger partial charge in [-0.2, -0.15) is 4.31 Å². The molecule has 3 aromatic rings. The van der Waals surface area contributed by atoms with Gasteiger partial charge in [-0.25, -0.2) is 13.4 Å². The fraction of sp³-hybridized carbons (Fsp3) is 0.350. The fourth-order valence-electron chi connectivity index (χ4n) is 3.36. The molecule has 3 heterocycles. The van der Waals surface area contributed by atoms with Gasteiger partial charge in [-0.1, -0.05) is 6.07 Å². The molecule has 2 aromatic heterocycles. The first-order chi connectivity index (χ1) is 14.0. The average molecular weight is 434 g/mol. The number of nitrogens with zero attached hydrogens (tertiary/aromatic N) is 3. The zero-order chi connectivity index (χ0) is 20.4. The molecule has 1 fully saturated rings. The van der Waals surface area contributed by atoms with Crippen molar-refractivity contribution in [1.82, 2.24) is 14.2 Å². The lowest BCUT2D eigenvalue weighted by atomic mass is 10.2. The van der Waals surface area contributed by atoms with Crippen LogP contribution in [0.25, 0.3) is 11.5 Å². The number of benzene rings is 1. The molecule has 0 atom stereocenters. The minimum Gasteiger partial charge on any atom is -0.495 e. The predicted octanol–water partition coefficient (Wildman–Crippen LogP) is 3.23. The summed E-state index contributed by atoms with van der Waals surface area (Å²) in [6.45, 7) is 4.77. The Morgan fingerprint density at radius 3 is 2.69 bits per heavy atom. The first kappa shape index (κ1) is 20.1. The second-order valence-corrected chi connectivity index (χ2v) is 9.79. The third-order valence-corrected chi connectivity index (χ3v) is 7.71. The van der Waals surface area contributed by atoms with Crippen molar-refractivity contribution in [1.29, 1.82) is 0 Å². The van der Waals surface area contributed by atoms with Crippen molar-refractivity contribution in [3.63, 3.8) is 0 Å². The van der Waals surface area contributed by atoms with Crippen LogP contribution in [-0.2, 0) is 16.6 Å². The van der Waals surface area contributed by atoms with E-state index in [1.54, 1.807) is 29.7 Å². The van der Waals surface area contributed by atoms with Crippen LogP contribution in [0.4, 0.5) is 0 Å². The lowest BCUT2D eigenvalue weighted by Crippen LogP contribution is -2.48. The van der Waals surface area contributed by atoms with Gasteiger partial charge >= 0.3 is 0 Å². The first-order valence-electron chi connectivity index (χ1n) is 9.33. The molecule has 1 aliphatic rings. The number of furan rings is 1. The number of methoxy groups -OCH3 is 1. The van der Waals surface area contributed by atoms with Crippen LogP contribution in [0.15, 0.2) is 51.3 Å². The second kappa shape index (κ2) is 8.27. The molecule has 9 heteroatoms. The standard InChI is InChI=1S/C20H23N3O4S2/c1-15-5-6-18(26-2)19(12-15)29(24,25)23-9-7-22(8-10-23)13-20-21-16(14-28-20)17-4-3-11-27-17/h3-6,11-12,14H,7-10,13H2,1-2H3. The fourth-order valence-corrected chi connectivity index (χ4v) is 5.85. The van der Waals surface area contributed by atoms with Crippen molar-refractivity contribution in [2.24, 2.45) is 0 Å². The molecule has 1 aromatic carbocycles. The molecule has 0 aliphatic carbocycles. The van der Waals surface area contributed by atoms with E-state index in [9.17, 15) is 8.42 Å². The summed E-state index contributed by atoms with van der Waals surface area (Å²) in [6.07, 6.45) is 1.64. The van der Waals surface area contributed by atoms with Crippen LogP contribution in [0, 0.1) is 6.92 Å². The van der Waals surface area contributed by atoms with E-state index in [1.165, 1.54) is 11.4 Å². The molecule has 0 spiro atoms. The number of sulfonamides is 1. The van der Waals surface area contributed by atoms with E-state index in [4.69, 9.17) is 9.15 Å². The van der Waals surface area contributed by atoms with Crippen molar-refractivity contribution in [2.75, 3.05) is 33.3 Å². The van der Waals surface area contributed by atoms with Crippen LogP contribution >= 0.6 is 11.3 Å². The first-order valence-corrected chi connectivity index (χ1v) is 11.6. The van der Waals surface area contributed by atoms with E-state index < -0.39 is 10.0 Å². The Kier molecular flexibility index (Phi) is 5.73. The van der Waals surface area contributed by atoms with Gasteiger partial charge in [0.1, 0.15) is 21.3 Å². The maximum Gasteiger partial charge on any atom is 0.246 e. The molecule has 7 nitrogen and oxygen atoms in total. The zero-order valence-electron chi connectivity index (χ0n) is 16.4. The molecule has 0 bridgehead atoms. The molecular formula is C20H23N3O4S2. The van der Waals surface area contributed by atoms with E-state index in [0.29, 0.717) is 38.5 Å². The van der Waals surface area contributed by atoms with Crippen molar-refractivity contribution in [3.05, 3.63) is 52.5 Å². The van der Waals surface area contributed by atoms with Crippen LogP contribution < -0.4 is 4.74 Å². The Bertz CT molecular complexity index is 1070. The highest BCUT2D eigenvalue weighted by atomic mass is 32.2. The molecule has 0 N–H and O–H groups in total. The largest absolute Gasteiger partial charge is 0.495 e. The lowest BCUT2D eigenvalue weighted by Gasteiger charge is -2.33. The van der Waals surface area contributed by atoms with Gasteiger partial charge in [0, 0.05) is 31.6 Å². The molecule has 0 radical (unpaired) electrons. The molecule has 29 heavy (non-hydrogen) atoms. The summed E-state index contributed by atoms with van der Waals surface area (Å²) in [5, 5.41) is 2.98. The number of thiazole rings is 1. The number of ether oxygens (including phenoxy) is 1. The molecule has 1 aliphatic heterocycles. The number of hydrogen-bond donors (Lipinski definition) is 0. The van der Waals surface area contributed by atoms with Crippen molar-refractivity contribution in [3.8, 4) is 17.2 Å². The van der Waals surface area contributed by atoms with Gasteiger partial charge < -0.3 is 9.15 Å². The van der Waals surface area contributed by atoms with Crippen LogP contribution in [0.2, 0.25) is 0 Å². The minimum atomic E-state index is -3.59. The second-order valence-electron chi connectivity index (χ2n) is 6.94. The Morgan fingerprint density at radius 1 is 1.21 bits per heavy atom. The van der Waals surface area contributed by atoms with Crippen LogP contribution in [0.1, 0.15) is 10.6 Å². The quantitative estimate of drug-likeness (QED) is 0.594. The van der Waals surface area contributed by atoms with E-state index in [-0.39, 0.29) is 4.90 Å². The van der Waals surface area contributed by atoms with Crippen molar-refractivity contribution < 1.29 is 17.6 Å². The molecule has 0 amide bonds. The SMILES string of the molecule is COc1ccc(C)cc1S(=O)(=O)N1CCN(Cc2nc(-c3ccco3)cs2)CC1. The summed E-state index contributed by atoms with van der Waals surface area (Å²) in [7, 11) is -2.10. The van der Waals surface area contributed by atoms with Crippen LogP contribution in [0.3, 0.4) is 0 Å². The number of piperazine rings is 1. The van der Waals surface area contributed by atoms with Gasteiger partial charge in [0.05, 0.1) is 19.9 Å². The topological polar surface area (TPSA) is 75.9 Å². The summed E-state index contributed by atoms with van der Waals surface area (Å²) >= 11 is 1.59. The van der Waals surface area contributed by atoms with Crippen LogP contribution in [0.5, 0.6) is 5.75 Å². The maximum atomic E-state index is 13.1. The summed E-state index contributed by atoms with van der Waals surface area (Å²) in [5.74, 6) is 1.14. The number of rotatable bonds is 6. The van der Waals surface area contributed by atoms with Crippen LogP contribution in [-0.4, -0.2) is 55.9 Å². The Morgan fingerprint density at radius 2 is 2.00 bits per heavy atom. The smallest absolute Gasteiger partial charge is 0.246 e. The number of aryl methyl sites for hydroxylation is 1. The van der Waals surface area contributed by atoms with E-state index in [0.717, 1.165) is 22.0 Å². The zero-order valence-corrected chi connectivity index (χ0v) is 18.0. The lowest BCUT2D eigenvalue weighted by molar-refractivity contribution is 0.181. The Hall–Kier alpha value is -2.20. The van der Waals surface area contributed by atoms with Gasteiger partial charge in [-0.15, -0.1) is 11.3 Å². The van der Waals surface area contributed by atoms with Crippen molar-refractivity contribution >= 4 is 21.4 Å². The van der Waals surface area contributed by atoms with Gasteiger partial charge in [-0.05, 0) is 36.8 Å².